The van der Waals surface area contributed by atoms with Crippen LogP contribution in [0.2, 0.25) is 5.02 Å². The zero-order chi connectivity index (χ0) is 19.2. The quantitative estimate of drug-likeness (QED) is 0.605. The number of thiocarbonyl (C=S) groups is 1. The lowest BCUT2D eigenvalue weighted by Gasteiger charge is -2.36. The number of nitrogens with zero attached hydrogens (tertiary/aromatic N) is 1. The molecule has 1 atom stereocenters. The number of halogens is 1. The third-order valence-corrected chi connectivity index (χ3v) is 6.74. The molecule has 2 saturated heterocycles. The van der Waals surface area contributed by atoms with Crippen molar-refractivity contribution in [2.24, 2.45) is 0 Å². The van der Waals surface area contributed by atoms with E-state index in [0.29, 0.717) is 0 Å². The second-order valence-corrected chi connectivity index (χ2v) is 8.66. The fourth-order valence-electron chi connectivity index (χ4n) is 3.94. The Morgan fingerprint density at radius 2 is 2.04 bits per heavy atom. The number of rotatable bonds is 5. The first-order chi connectivity index (χ1) is 13.0. The summed E-state index contributed by atoms with van der Waals surface area (Å²) in [7, 11) is 2.35. The number of likely N-dealkylation sites (tertiary alicyclic amines) is 1. The van der Waals surface area contributed by atoms with E-state index in [2.05, 4.69) is 17.3 Å². The topological polar surface area (TPSA) is 33.4 Å². The van der Waals surface area contributed by atoms with Gasteiger partial charge in [0.15, 0.2) is 5.11 Å². The van der Waals surface area contributed by atoms with E-state index >= 15 is 0 Å². The zero-order valence-electron chi connectivity index (χ0n) is 16.5. The van der Waals surface area contributed by atoms with Crippen LogP contribution >= 0.6 is 23.8 Å². The van der Waals surface area contributed by atoms with Gasteiger partial charge in [-0.25, -0.2) is 0 Å². The summed E-state index contributed by atoms with van der Waals surface area (Å²) >= 11 is 11.8. The SMILES string of the molecule is Cc1ccc(NC(=S)N2CCC([NH+](C)CC[NH+]3CCOCC3)CC2)cc1Cl. The first-order valence-corrected chi connectivity index (χ1v) is 10.9. The summed E-state index contributed by atoms with van der Waals surface area (Å²) in [5.74, 6) is 0. The molecule has 2 heterocycles. The van der Waals surface area contributed by atoms with Crippen molar-refractivity contribution in [1.82, 2.24) is 4.90 Å². The van der Waals surface area contributed by atoms with E-state index in [4.69, 9.17) is 28.6 Å². The zero-order valence-corrected chi connectivity index (χ0v) is 18.1. The van der Waals surface area contributed by atoms with E-state index in [1.807, 2.05) is 25.1 Å². The van der Waals surface area contributed by atoms with Gasteiger partial charge >= 0.3 is 0 Å². The normalized spacial score (nSPS) is 20.5. The van der Waals surface area contributed by atoms with Crippen molar-refractivity contribution in [2.45, 2.75) is 25.8 Å². The predicted molar refractivity (Wildman–Crippen MR) is 115 cm³/mol. The van der Waals surface area contributed by atoms with E-state index in [-0.39, 0.29) is 0 Å². The van der Waals surface area contributed by atoms with Crippen molar-refractivity contribution in [3.63, 3.8) is 0 Å². The lowest BCUT2D eigenvalue weighted by atomic mass is 10.0. The standard InChI is InChI=1S/C20H31ClN4OS/c1-16-3-4-17(15-19(16)21)22-20(27)25-7-5-18(6-8-25)23(2)9-10-24-11-13-26-14-12-24/h3-4,15,18H,5-14H2,1-2H3,(H,22,27)/p+2. The number of anilines is 1. The van der Waals surface area contributed by atoms with E-state index in [1.165, 1.54) is 25.9 Å². The third kappa shape index (κ3) is 6.03. The highest BCUT2D eigenvalue weighted by molar-refractivity contribution is 7.80. The van der Waals surface area contributed by atoms with Crippen LogP contribution in [-0.4, -0.2) is 75.6 Å². The Hall–Kier alpha value is -0.920. The molecule has 3 N–H and O–H groups in total. The molecule has 5 nitrogen and oxygen atoms in total. The predicted octanol–water partition coefficient (Wildman–Crippen LogP) is 0.239. The molecule has 1 unspecified atom stereocenters. The number of piperidine rings is 1. The fraction of sp³-hybridized carbons (Fsp3) is 0.650. The van der Waals surface area contributed by atoms with Crippen molar-refractivity contribution in [1.29, 1.82) is 0 Å². The van der Waals surface area contributed by atoms with Gasteiger partial charge in [0.1, 0.15) is 26.2 Å². The van der Waals surface area contributed by atoms with E-state index < -0.39 is 0 Å². The average molecular weight is 413 g/mol. The molecule has 2 aliphatic rings. The maximum atomic E-state index is 6.21. The van der Waals surface area contributed by atoms with Crippen molar-refractivity contribution >= 4 is 34.6 Å². The lowest BCUT2D eigenvalue weighted by Crippen LogP contribution is -3.21. The molecule has 0 aliphatic carbocycles. The molecule has 3 rings (SSSR count). The molecule has 2 fully saturated rings. The number of quaternary nitrogens is 2. The summed E-state index contributed by atoms with van der Waals surface area (Å²) in [4.78, 5) is 5.65. The molecule has 150 valence electrons. The Morgan fingerprint density at radius 1 is 1.33 bits per heavy atom. The molecule has 27 heavy (non-hydrogen) atoms. The first kappa shape index (κ1) is 20.8. The van der Waals surface area contributed by atoms with Gasteiger partial charge < -0.3 is 24.8 Å². The van der Waals surface area contributed by atoms with Gasteiger partial charge in [-0.2, -0.15) is 0 Å². The number of morpholine rings is 1. The summed E-state index contributed by atoms with van der Waals surface area (Å²) in [6.07, 6.45) is 2.39. The highest BCUT2D eigenvalue weighted by Gasteiger charge is 2.27. The molecule has 0 amide bonds. The van der Waals surface area contributed by atoms with E-state index in [0.717, 1.165) is 66.8 Å². The van der Waals surface area contributed by atoms with Gasteiger partial charge in [-0.05, 0) is 36.8 Å². The van der Waals surface area contributed by atoms with Gasteiger partial charge in [-0.15, -0.1) is 0 Å². The molecular formula is C20H33ClN4OS+2. The van der Waals surface area contributed by atoms with Crippen LogP contribution in [0, 0.1) is 6.92 Å². The van der Waals surface area contributed by atoms with E-state index in [1.54, 1.807) is 9.80 Å². The van der Waals surface area contributed by atoms with Crippen LogP contribution in [0.1, 0.15) is 18.4 Å². The number of nitrogens with one attached hydrogen (secondary N) is 3. The molecule has 0 radical (unpaired) electrons. The summed E-state index contributed by atoms with van der Waals surface area (Å²) in [5.41, 5.74) is 2.05. The smallest absolute Gasteiger partial charge is 0.173 e. The van der Waals surface area contributed by atoms with Crippen LogP contribution in [0.3, 0.4) is 0 Å². The van der Waals surface area contributed by atoms with Crippen LogP contribution < -0.4 is 15.1 Å². The van der Waals surface area contributed by atoms with Gasteiger partial charge in [0.25, 0.3) is 0 Å². The number of benzene rings is 1. The number of hydrogen-bond donors (Lipinski definition) is 3. The van der Waals surface area contributed by atoms with Crippen molar-refractivity contribution < 1.29 is 14.5 Å². The van der Waals surface area contributed by atoms with Gasteiger partial charge in [0.05, 0.1) is 26.3 Å². The Kier molecular flexibility index (Phi) is 7.73. The molecule has 0 bridgehead atoms. The molecule has 0 aromatic heterocycles. The Labute approximate surface area is 173 Å². The summed E-state index contributed by atoms with van der Waals surface area (Å²) in [6.45, 7) is 10.7. The minimum Gasteiger partial charge on any atom is -0.370 e. The Bertz CT molecular complexity index is 630. The van der Waals surface area contributed by atoms with Crippen LogP contribution in [0.25, 0.3) is 0 Å². The lowest BCUT2D eigenvalue weighted by molar-refractivity contribution is -0.964. The highest BCUT2D eigenvalue weighted by atomic mass is 35.5. The molecule has 0 saturated carbocycles. The minimum absolute atomic E-state index is 0.735. The maximum absolute atomic E-state index is 6.21. The fourth-order valence-corrected chi connectivity index (χ4v) is 4.42. The minimum atomic E-state index is 0.735. The van der Waals surface area contributed by atoms with Gasteiger partial charge in [0, 0.05) is 36.6 Å². The summed E-state index contributed by atoms with van der Waals surface area (Å²) in [5, 5.41) is 4.92. The van der Waals surface area contributed by atoms with Crippen LogP contribution in [0.15, 0.2) is 18.2 Å². The second-order valence-electron chi connectivity index (χ2n) is 7.86. The molecule has 1 aromatic rings. The number of aryl methyl sites for hydroxylation is 1. The summed E-state index contributed by atoms with van der Waals surface area (Å²) < 4.78 is 5.45. The summed E-state index contributed by atoms with van der Waals surface area (Å²) in [6, 6.07) is 6.74. The van der Waals surface area contributed by atoms with Crippen molar-refractivity contribution in [3.05, 3.63) is 28.8 Å². The van der Waals surface area contributed by atoms with Crippen LogP contribution in [0.4, 0.5) is 5.69 Å². The largest absolute Gasteiger partial charge is 0.370 e. The third-order valence-electron chi connectivity index (χ3n) is 5.97. The number of likely N-dealkylation sites (N-methyl/N-ethyl adjacent to an activating group) is 1. The van der Waals surface area contributed by atoms with Crippen LogP contribution in [0.5, 0.6) is 0 Å². The number of ether oxygens (including phenoxy) is 1. The van der Waals surface area contributed by atoms with Gasteiger partial charge in [-0.3, -0.25) is 0 Å². The molecule has 2 aliphatic heterocycles. The molecule has 0 spiro atoms. The number of hydrogen-bond acceptors (Lipinski definition) is 2. The first-order valence-electron chi connectivity index (χ1n) is 10.1. The second kappa shape index (κ2) is 10.0. The van der Waals surface area contributed by atoms with Crippen molar-refractivity contribution in [2.75, 3.05) is 64.8 Å². The monoisotopic (exact) mass is 412 g/mol. The molecular weight excluding hydrogens is 380 g/mol. The van der Waals surface area contributed by atoms with Crippen LogP contribution in [-0.2, 0) is 4.74 Å². The average Bonchev–Trinajstić information content (AvgIpc) is 2.70. The van der Waals surface area contributed by atoms with E-state index in [9.17, 15) is 0 Å². The van der Waals surface area contributed by atoms with Gasteiger partial charge in [-0.1, -0.05) is 17.7 Å². The highest BCUT2D eigenvalue weighted by Crippen LogP contribution is 2.20. The maximum Gasteiger partial charge on any atom is 0.173 e. The Balaban J connectivity index is 1.40. The van der Waals surface area contributed by atoms with Crippen molar-refractivity contribution in [3.8, 4) is 0 Å². The van der Waals surface area contributed by atoms with Gasteiger partial charge in [0.2, 0.25) is 0 Å². The molecule has 7 heteroatoms. The molecule has 1 aromatic carbocycles. The Morgan fingerprint density at radius 3 is 2.70 bits per heavy atom.